The molecule has 4 rings (SSSR count). The lowest BCUT2D eigenvalue weighted by Crippen LogP contribution is -2.00. The molecule has 4 aromatic heterocycles. The van der Waals surface area contributed by atoms with Crippen molar-refractivity contribution in [2.24, 2.45) is 0 Å². The molecule has 0 bridgehead atoms. The third-order valence-corrected chi connectivity index (χ3v) is 7.18. The van der Waals surface area contributed by atoms with Gasteiger partial charge in [0.1, 0.15) is 66.6 Å². The van der Waals surface area contributed by atoms with Gasteiger partial charge in [0.25, 0.3) is 0 Å². The van der Waals surface area contributed by atoms with Gasteiger partial charge in [0.2, 0.25) is 0 Å². The van der Waals surface area contributed by atoms with Crippen LogP contribution in [-0.4, -0.2) is 46.4 Å². The molecule has 0 saturated heterocycles. The fourth-order valence-corrected chi connectivity index (χ4v) is 4.77. The molecule has 0 radical (unpaired) electrons. The van der Waals surface area contributed by atoms with Crippen LogP contribution in [0.4, 0.5) is 0 Å². The van der Waals surface area contributed by atoms with E-state index in [2.05, 4.69) is 110 Å². The molecule has 4 aromatic rings. The van der Waals surface area contributed by atoms with E-state index in [0.29, 0.717) is 109 Å². The van der Waals surface area contributed by atoms with E-state index in [1.807, 2.05) is 6.07 Å². The molecule has 8 nitrogen and oxygen atoms in total. The number of halogens is 1. The zero-order valence-corrected chi connectivity index (χ0v) is 31.4. The van der Waals surface area contributed by atoms with Gasteiger partial charge in [0.15, 0.2) is 0 Å². The lowest BCUT2D eigenvalue weighted by molar-refractivity contribution is 0.324. The van der Waals surface area contributed by atoms with Crippen LogP contribution in [-0.2, 0) is 0 Å². The first-order valence-electron chi connectivity index (χ1n) is 16.6. The van der Waals surface area contributed by atoms with Crippen LogP contribution in [0.5, 0.6) is 23.0 Å². The summed E-state index contributed by atoms with van der Waals surface area (Å²) in [7, 11) is 0. The highest BCUT2D eigenvalue weighted by Gasteiger charge is 2.06. The molecule has 0 unspecified atom stereocenters. The van der Waals surface area contributed by atoms with Crippen molar-refractivity contribution in [3.63, 3.8) is 0 Å². The second kappa shape index (κ2) is 21.8. The number of rotatable bonds is 16. The maximum atomic E-state index is 5.96. The number of pyridine rings is 4. The molecule has 9 heteroatoms. The Balaban J connectivity index is 1.69. The van der Waals surface area contributed by atoms with E-state index < -0.39 is 0 Å². The Bertz CT molecular complexity index is 2190. The number of ether oxygens (including phenoxy) is 4. The lowest BCUT2D eigenvalue weighted by Gasteiger charge is -2.06. The van der Waals surface area contributed by atoms with Gasteiger partial charge in [-0.25, -0.2) is 19.9 Å². The average molecular weight is 813 g/mol. The summed E-state index contributed by atoms with van der Waals surface area (Å²) in [5, 5.41) is 0. The summed E-state index contributed by atoms with van der Waals surface area (Å²) in [4.78, 5) is 18.3. The summed E-state index contributed by atoms with van der Waals surface area (Å²) in [6, 6.07) is 14.0. The van der Waals surface area contributed by atoms with Crippen LogP contribution in [0.15, 0.2) is 99.2 Å². The van der Waals surface area contributed by atoms with Crippen LogP contribution >= 0.6 is 22.6 Å². The minimum atomic E-state index is 0.409. The summed E-state index contributed by atoms with van der Waals surface area (Å²) in [6.07, 6.45) is 15.5. The number of aromatic nitrogens is 4. The Kier molecular flexibility index (Phi) is 16.3. The van der Waals surface area contributed by atoms with Gasteiger partial charge in [0.05, 0.1) is 26.4 Å². The Morgan fingerprint density at radius 1 is 0.453 bits per heavy atom. The molecule has 0 aliphatic heterocycles. The Morgan fingerprint density at radius 3 is 1.02 bits per heavy atom. The number of terminal acetylenes is 1. The lowest BCUT2D eigenvalue weighted by atomic mass is 10.2. The first-order chi connectivity index (χ1) is 25.9. The standard InChI is InChI=1S/C44H37IN4O4/c1-6-11-21-50-40-25-33(10-5)46-34(26-40)15-16-35-27-41(51-22-12-7-2)28-36(47-35)17-18-37-29-42(52-23-13-8-3)30-38(48-37)19-20-39-31-43(32-44(45)49-39)53-24-14-9-4/h5-9,25-32H,1-4,11-14,21-24H2. The van der Waals surface area contributed by atoms with E-state index in [1.165, 1.54) is 0 Å². The summed E-state index contributed by atoms with van der Waals surface area (Å²) in [6.45, 7) is 16.8. The Hall–Kier alpha value is -6.27. The summed E-state index contributed by atoms with van der Waals surface area (Å²) < 4.78 is 24.3. The molecule has 0 aliphatic rings. The third-order valence-electron chi connectivity index (χ3n) is 6.63. The highest BCUT2D eigenvalue weighted by atomic mass is 127. The van der Waals surface area contributed by atoms with E-state index in [-0.39, 0.29) is 0 Å². The van der Waals surface area contributed by atoms with Crippen molar-refractivity contribution in [2.45, 2.75) is 25.7 Å². The van der Waals surface area contributed by atoms with Gasteiger partial charge in [0, 0.05) is 48.5 Å². The first-order valence-corrected chi connectivity index (χ1v) is 17.7. The van der Waals surface area contributed by atoms with Gasteiger partial charge >= 0.3 is 0 Å². The van der Waals surface area contributed by atoms with Crippen molar-refractivity contribution < 1.29 is 18.9 Å². The maximum absolute atomic E-state index is 5.96. The molecular formula is C44H37IN4O4. The molecular weight excluding hydrogens is 775 g/mol. The molecule has 0 amide bonds. The summed E-state index contributed by atoms with van der Waals surface area (Å²) >= 11 is 2.14. The molecule has 0 saturated carbocycles. The van der Waals surface area contributed by atoms with Crippen LogP contribution < -0.4 is 18.9 Å². The molecule has 0 aliphatic carbocycles. The predicted octanol–water partition coefficient (Wildman–Crippen LogP) is 7.87. The van der Waals surface area contributed by atoms with Gasteiger partial charge in [-0.15, -0.1) is 32.7 Å². The molecule has 0 N–H and O–H groups in total. The highest BCUT2D eigenvalue weighted by molar-refractivity contribution is 14.1. The number of nitrogens with zero attached hydrogens (tertiary/aromatic N) is 4. The first kappa shape index (κ1) is 39.5. The van der Waals surface area contributed by atoms with Crippen molar-refractivity contribution in [1.29, 1.82) is 0 Å². The van der Waals surface area contributed by atoms with E-state index in [4.69, 9.17) is 25.4 Å². The minimum Gasteiger partial charge on any atom is -0.493 e. The van der Waals surface area contributed by atoms with Gasteiger partial charge < -0.3 is 18.9 Å². The van der Waals surface area contributed by atoms with Crippen molar-refractivity contribution in [3.8, 4) is 70.9 Å². The molecule has 264 valence electrons. The second-order valence-electron chi connectivity index (χ2n) is 10.8. The molecule has 0 fully saturated rings. The summed E-state index contributed by atoms with van der Waals surface area (Å²) in [5.41, 5.74) is 3.12. The van der Waals surface area contributed by atoms with Crippen LogP contribution in [0.2, 0.25) is 0 Å². The van der Waals surface area contributed by atoms with E-state index in [1.54, 1.807) is 66.8 Å². The number of hydrogen-bond donors (Lipinski definition) is 0. The third kappa shape index (κ3) is 14.1. The molecule has 53 heavy (non-hydrogen) atoms. The highest BCUT2D eigenvalue weighted by Crippen LogP contribution is 2.19. The van der Waals surface area contributed by atoms with Gasteiger partial charge in [-0.1, -0.05) is 30.2 Å². The van der Waals surface area contributed by atoms with Gasteiger partial charge in [-0.2, -0.15) is 0 Å². The van der Waals surface area contributed by atoms with E-state index in [0.717, 1.165) is 10.1 Å². The molecule has 0 atom stereocenters. The predicted molar refractivity (Wildman–Crippen MR) is 217 cm³/mol. The zero-order valence-electron chi connectivity index (χ0n) is 29.3. The topological polar surface area (TPSA) is 88.5 Å². The quantitative estimate of drug-likeness (QED) is 0.0372. The van der Waals surface area contributed by atoms with Crippen molar-refractivity contribution in [1.82, 2.24) is 19.9 Å². The van der Waals surface area contributed by atoms with Crippen molar-refractivity contribution in [3.05, 3.63) is 143 Å². The Labute approximate surface area is 325 Å². The SMILES string of the molecule is C#Cc1cc(OCCC=C)cc(C#Cc2cc(OCCC=C)cc(C#Cc3cc(OCCC=C)cc(C#Cc4cc(OCCC=C)cc(I)n4)n3)n2)n1. The second-order valence-corrected chi connectivity index (χ2v) is 11.9. The van der Waals surface area contributed by atoms with E-state index in [9.17, 15) is 0 Å². The number of hydrogen-bond acceptors (Lipinski definition) is 8. The van der Waals surface area contributed by atoms with Crippen LogP contribution in [0.1, 0.15) is 65.5 Å². The van der Waals surface area contributed by atoms with Gasteiger partial charge in [-0.3, -0.25) is 0 Å². The van der Waals surface area contributed by atoms with Crippen molar-refractivity contribution >= 4 is 22.6 Å². The van der Waals surface area contributed by atoms with Crippen molar-refractivity contribution in [2.75, 3.05) is 26.4 Å². The largest absolute Gasteiger partial charge is 0.493 e. The average Bonchev–Trinajstić information content (AvgIpc) is 3.15. The van der Waals surface area contributed by atoms with Gasteiger partial charge in [-0.05, 0) is 83.8 Å². The Morgan fingerprint density at radius 2 is 0.717 bits per heavy atom. The van der Waals surface area contributed by atoms with E-state index >= 15 is 0 Å². The summed E-state index contributed by atoms with van der Waals surface area (Å²) in [5.74, 6) is 23.4. The zero-order chi connectivity index (χ0) is 37.7. The van der Waals surface area contributed by atoms with Crippen LogP contribution in [0, 0.1) is 51.6 Å². The maximum Gasteiger partial charge on any atom is 0.124 e. The molecule has 4 heterocycles. The normalized spacial score (nSPS) is 9.66. The fraction of sp³-hybridized carbons (Fsp3) is 0.182. The fourth-order valence-electron chi connectivity index (χ4n) is 4.21. The smallest absolute Gasteiger partial charge is 0.124 e. The minimum absolute atomic E-state index is 0.409. The monoisotopic (exact) mass is 812 g/mol. The van der Waals surface area contributed by atoms with Crippen LogP contribution in [0.25, 0.3) is 0 Å². The van der Waals surface area contributed by atoms with Crippen LogP contribution in [0.3, 0.4) is 0 Å². The molecule has 0 spiro atoms. The molecule has 0 aromatic carbocycles.